The summed E-state index contributed by atoms with van der Waals surface area (Å²) in [5.41, 5.74) is 0.982. The van der Waals surface area contributed by atoms with E-state index in [1.165, 1.54) is 0 Å². The summed E-state index contributed by atoms with van der Waals surface area (Å²) in [6, 6.07) is 7.41. The minimum absolute atomic E-state index is 0.142. The molecule has 0 N–H and O–H groups in total. The van der Waals surface area contributed by atoms with Crippen molar-refractivity contribution in [2.75, 3.05) is 45.8 Å². The smallest absolute Gasteiger partial charge is 0.236 e. The van der Waals surface area contributed by atoms with Gasteiger partial charge < -0.3 is 9.80 Å². The van der Waals surface area contributed by atoms with Gasteiger partial charge in [0.25, 0.3) is 0 Å². The van der Waals surface area contributed by atoms with Crippen LogP contribution in [0.1, 0.15) is 18.4 Å². The lowest BCUT2D eigenvalue weighted by Gasteiger charge is -2.35. The van der Waals surface area contributed by atoms with Gasteiger partial charge in [-0.2, -0.15) is 0 Å². The predicted molar refractivity (Wildman–Crippen MR) is 94.0 cm³/mol. The van der Waals surface area contributed by atoms with E-state index in [-0.39, 0.29) is 11.8 Å². The van der Waals surface area contributed by atoms with Crippen LogP contribution in [0, 0.1) is 0 Å². The fraction of sp³-hybridized carbons (Fsp3) is 0.556. The molecule has 1 aromatic carbocycles. The minimum Gasteiger partial charge on any atom is -0.342 e. The van der Waals surface area contributed by atoms with Gasteiger partial charge in [0.15, 0.2) is 0 Å². The summed E-state index contributed by atoms with van der Waals surface area (Å²) in [7, 11) is 0. The van der Waals surface area contributed by atoms with E-state index in [9.17, 15) is 9.59 Å². The number of likely N-dealkylation sites (tertiary alicyclic amines) is 1. The van der Waals surface area contributed by atoms with Gasteiger partial charge in [0, 0.05) is 44.3 Å². The van der Waals surface area contributed by atoms with Crippen LogP contribution in [0.2, 0.25) is 5.02 Å². The molecule has 0 unspecified atom stereocenters. The molecule has 2 amide bonds. The molecule has 2 aliphatic heterocycles. The summed E-state index contributed by atoms with van der Waals surface area (Å²) >= 11 is 5.87. The number of hydrogen-bond donors (Lipinski definition) is 0. The van der Waals surface area contributed by atoms with Crippen LogP contribution in [0.25, 0.3) is 0 Å². The molecule has 2 heterocycles. The Morgan fingerprint density at radius 1 is 0.833 bits per heavy atom. The fourth-order valence-corrected chi connectivity index (χ4v) is 3.43. The Balaban J connectivity index is 1.43. The van der Waals surface area contributed by atoms with Crippen molar-refractivity contribution in [1.29, 1.82) is 0 Å². The monoisotopic (exact) mass is 349 g/mol. The fourth-order valence-electron chi connectivity index (χ4n) is 3.30. The molecule has 0 spiro atoms. The van der Waals surface area contributed by atoms with Gasteiger partial charge in [-0.3, -0.25) is 14.5 Å². The van der Waals surface area contributed by atoms with E-state index >= 15 is 0 Å². The molecule has 130 valence electrons. The third-order valence-corrected chi connectivity index (χ3v) is 5.06. The number of carbonyl (C=O) groups excluding carboxylic acids is 2. The van der Waals surface area contributed by atoms with Crippen molar-refractivity contribution in [2.24, 2.45) is 0 Å². The van der Waals surface area contributed by atoms with Gasteiger partial charge in [0.05, 0.1) is 13.0 Å². The van der Waals surface area contributed by atoms with E-state index in [4.69, 9.17) is 11.6 Å². The summed E-state index contributed by atoms with van der Waals surface area (Å²) in [6.45, 7) is 5.22. The molecule has 2 saturated heterocycles. The Hall–Kier alpha value is -1.59. The molecule has 1 aromatic rings. The van der Waals surface area contributed by atoms with E-state index in [1.54, 1.807) is 0 Å². The first kappa shape index (κ1) is 17.2. The quantitative estimate of drug-likeness (QED) is 0.830. The normalized spacial score (nSPS) is 18.9. The average molecular weight is 350 g/mol. The summed E-state index contributed by atoms with van der Waals surface area (Å²) in [5.74, 6) is 0.372. The second-order valence-electron chi connectivity index (χ2n) is 6.55. The van der Waals surface area contributed by atoms with E-state index in [2.05, 4.69) is 4.90 Å². The number of benzene rings is 1. The summed E-state index contributed by atoms with van der Waals surface area (Å²) in [5, 5.41) is 0.683. The number of rotatable bonds is 4. The molecule has 0 aromatic heterocycles. The molecule has 0 atom stereocenters. The number of nitrogens with zero attached hydrogens (tertiary/aromatic N) is 3. The molecule has 5 nitrogen and oxygen atoms in total. The minimum atomic E-state index is 0.142. The van der Waals surface area contributed by atoms with Crippen molar-refractivity contribution >= 4 is 23.4 Å². The Labute approximate surface area is 148 Å². The van der Waals surface area contributed by atoms with Gasteiger partial charge in [-0.25, -0.2) is 0 Å². The highest BCUT2D eigenvalue weighted by molar-refractivity contribution is 6.30. The second kappa shape index (κ2) is 7.99. The zero-order valence-corrected chi connectivity index (χ0v) is 14.7. The van der Waals surface area contributed by atoms with Crippen molar-refractivity contribution in [3.8, 4) is 0 Å². The summed E-state index contributed by atoms with van der Waals surface area (Å²) in [6.07, 6.45) is 2.65. The number of piperazine rings is 1. The zero-order valence-electron chi connectivity index (χ0n) is 13.9. The standard InChI is InChI=1S/C18H24ClN3O2/c19-16-5-3-15(4-6-16)13-17(23)22-11-9-20(10-12-22)14-18(24)21-7-1-2-8-21/h3-6H,1-2,7-14H2. The lowest BCUT2D eigenvalue weighted by Crippen LogP contribution is -2.51. The van der Waals surface area contributed by atoms with Crippen LogP contribution in [0.4, 0.5) is 0 Å². The summed E-state index contributed by atoms with van der Waals surface area (Å²) in [4.78, 5) is 30.6. The third kappa shape index (κ3) is 4.48. The van der Waals surface area contributed by atoms with Gasteiger partial charge in [-0.05, 0) is 30.5 Å². The molecular formula is C18H24ClN3O2. The van der Waals surface area contributed by atoms with Crippen molar-refractivity contribution in [3.05, 3.63) is 34.9 Å². The van der Waals surface area contributed by atoms with Gasteiger partial charge in [-0.15, -0.1) is 0 Å². The van der Waals surface area contributed by atoms with Crippen molar-refractivity contribution in [2.45, 2.75) is 19.3 Å². The molecule has 0 aliphatic carbocycles. The molecule has 2 fully saturated rings. The zero-order chi connectivity index (χ0) is 16.9. The van der Waals surface area contributed by atoms with Crippen LogP contribution in [-0.2, 0) is 16.0 Å². The molecule has 0 radical (unpaired) electrons. The molecule has 2 aliphatic rings. The molecule has 6 heteroatoms. The Morgan fingerprint density at radius 2 is 1.42 bits per heavy atom. The maximum Gasteiger partial charge on any atom is 0.236 e. The summed E-state index contributed by atoms with van der Waals surface area (Å²) < 4.78 is 0. The first-order chi connectivity index (χ1) is 11.6. The highest BCUT2D eigenvalue weighted by Gasteiger charge is 2.25. The van der Waals surface area contributed by atoms with Gasteiger partial charge in [0.2, 0.25) is 11.8 Å². The highest BCUT2D eigenvalue weighted by Crippen LogP contribution is 2.12. The maximum atomic E-state index is 12.4. The van der Waals surface area contributed by atoms with Crippen LogP contribution < -0.4 is 0 Å². The van der Waals surface area contributed by atoms with Crippen molar-refractivity contribution in [1.82, 2.24) is 14.7 Å². The van der Waals surface area contributed by atoms with E-state index in [1.807, 2.05) is 34.1 Å². The van der Waals surface area contributed by atoms with Crippen LogP contribution >= 0.6 is 11.6 Å². The maximum absolute atomic E-state index is 12.4. The molecule has 0 bridgehead atoms. The number of hydrogen-bond acceptors (Lipinski definition) is 3. The Kier molecular flexibility index (Phi) is 5.74. The van der Waals surface area contributed by atoms with Gasteiger partial charge in [0.1, 0.15) is 0 Å². The molecule has 24 heavy (non-hydrogen) atoms. The molecular weight excluding hydrogens is 326 g/mol. The number of carbonyl (C=O) groups is 2. The first-order valence-corrected chi connectivity index (χ1v) is 9.02. The van der Waals surface area contributed by atoms with Crippen LogP contribution in [0.3, 0.4) is 0 Å². The Bertz CT molecular complexity index is 576. The van der Waals surface area contributed by atoms with E-state index in [0.717, 1.165) is 44.6 Å². The topological polar surface area (TPSA) is 43.9 Å². The van der Waals surface area contributed by atoms with E-state index in [0.29, 0.717) is 31.1 Å². The van der Waals surface area contributed by atoms with Crippen molar-refractivity contribution < 1.29 is 9.59 Å². The molecule has 3 rings (SSSR count). The lowest BCUT2D eigenvalue weighted by molar-refractivity contribution is -0.134. The third-order valence-electron chi connectivity index (χ3n) is 4.81. The van der Waals surface area contributed by atoms with Crippen LogP contribution in [0.5, 0.6) is 0 Å². The van der Waals surface area contributed by atoms with Crippen LogP contribution in [-0.4, -0.2) is 72.3 Å². The van der Waals surface area contributed by atoms with Crippen LogP contribution in [0.15, 0.2) is 24.3 Å². The predicted octanol–water partition coefficient (Wildman–Crippen LogP) is 1.65. The number of amides is 2. The average Bonchev–Trinajstić information content (AvgIpc) is 3.12. The van der Waals surface area contributed by atoms with Gasteiger partial charge >= 0.3 is 0 Å². The largest absolute Gasteiger partial charge is 0.342 e. The molecule has 0 saturated carbocycles. The highest BCUT2D eigenvalue weighted by atomic mass is 35.5. The van der Waals surface area contributed by atoms with Crippen molar-refractivity contribution in [3.63, 3.8) is 0 Å². The number of halogens is 1. The second-order valence-corrected chi connectivity index (χ2v) is 6.98. The van der Waals surface area contributed by atoms with Gasteiger partial charge in [-0.1, -0.05) is 23.7 Å². The lowest BCUT2D eigenvalue weighted by atomic mass is 10.1. The Morgan fingerprint density at radius 3 is 2.04 bits per heavy atom. The first-order valence-electron chi connectivity index (χ1n) is 8.64. The van der Waals surface area contributed by atoms with E-state index < -0.39 is 0 Å². The SMILES string of the molecule is O=C(Cc1ccc(Cl)cc1)N1CCN(CC(=O)N2CCCC2)CC1.